The average Bonchev–Trinajstić information content (AvgIpc) is 2.83. The largest absolute Gasteiger partial charge is 0.502 e. The Labute approximate surface area is 128 Å². The minimum Gasteiger partial charge on any atom is -0.502 e. The summed E-state index contributed by atoms with van der Waals surface area (Å²) in [6.45, 7) is 6.50. The molecule has 2 aliphatic rings. The second-order valence-corrected chi connectivity index (χ2v) is 5.33. The molecule has 0 saturated heterocycles. The predicted octanol–water partition coefficient (Wildman–Crippen LogP) is 2.03. The zero-order chi connectivity index (χ0) is 16.7. The highest BCUT2D eigenvalue weighted by atomic mass is 16.6. The highest BCUT2D eigenvalue weighted by Gasteiger charge is 2.50. The molecule has 0 saturated carbocycles. The number of rotatable bonds is 3. The minimum atomic E-state index is -1.84. The van der Waals surface area contributed by atoms with Gasteiger partial charge in [-0.05, 0) is 32.9 Å². The van der Waals surface area contributed by atoms with Crippen LogP contribution >= 0.6 is 0 Å². The first-order valence-corrected chi connectivity index (χ1v) is 6.86. The summed E-state index contributed by atoms with van der Waals surface area (Å²) in [4.78, 5) is 23.4. The van der Waals surface area contributed by atoms with Crippen LogP contribution in [0, 0.1) is 5.92 Å². The number of aliphatic hydroxyl groups is 2. The Bertz CT molecular complexity index is 664. The van der Waals surface area contributed by atoms with Gasteiger partial charge in [-0.2, -0.15) is 0 Å². The Balaban J connectivity index is 2.39. The molecule has 6 nitrogen and oxygen atoms in total. The summed E-state index contributed by atoms with van der Waals surface area (Å²) in [7, 11) is 0. The minimum absolute atomic E-state index is 0.128. The smallest absolute Gasteiger partial charge is 0.379 e. The number of cyclic esters (lactones) is 2. The second-order valence-electron chi connectivity index (χ2n) is 5.33. The molecule has 0 bridgehead atoms. The lowest BCUT2D eigenvalue weighted by molar-refractivity contribution is -0.154. The van der Waals surface area contributed by atoms with Crippen LogP contribution in [0.5, 0.6) is 0 Å². The summed E-state index contributed by atoms with van der Waals surface area (Å²) in [5.41, 5.74) is -1.19. The lowest BCUT2D eigenvalue weighted by Gasteiger charge is -2.25. The number of hydrogen-bond donors (Lipinski definition) is 2. The summed E-state index contributed by atoms with van der Waals surface area (Å²) in [5.74, 6) is -2.38. The van der Waals surface area contributed by atoms with Crippen LogP contribution in [0.3, 0.4) is 0 Å². The molecule has 0 spiro atoms. The molecular weight excluding hydrogens is 288 g/mol. The lowest BCUT2D eigenvalue weighted by atomic mass is 9.82. The van der Waals surface area contributed by atoms with Crippen molar-refractivity contribution in [2.45, 2.75) is 33.3 Å². The molecule has 118 valence electrons. The average molecular weight is 306 g/mol. The van der Waals surface area contributed by atoms with Crippen LogP contribution in [0.1, 0.15) is 27.7 Å². The third-order valence-corrected chi connectivity index (χ3v) is 3.95. The van der Waals surface area contributed by atoms with Gasteiger partial charge in [-0.15, -0.1) is 0 Å². The summed E-state index contributed by atoms with van der Waals surface area (Å²) in [5, 5.41) is 20.2. The summed E-state index contributed by atoms with van der Waals surface area (Å²) in [6.07, 6.45) is 4.72. The van der Waals surface area contributed by atoms with Gasteiger partial charge in [0.2, 0.25) is 5.76 Å². The molecule has 2 heterocycles. The molecule has 0 aromatic carbocycles. The van der Waals surface area contributed by atoms with Gasteiger partial charge in [0, 0.05) is 17.1 Å². The summed E-state index contributed by atoms with van der Waals surface area (Å²) in [6, 6.07) is 0. The molecule has 2 atom stereocenters. The van der Waals surface area contributed by atoms with Gasteiger partial charge in [-0.1, -0.05) is 13.0 Å². The summed E-state index contributed by atoms with van der Waals surface area (Å²) < 4.78 is 10.0. The van der Waals surface area contributed by atoms with E-state index in [9.17, 15) is 19.8 Å². The van der Waals surface area contributed by atoms with Crippen molar-refractivity contribution in [3.63, 3.8) is 0 Å². The van der Waals surface area contributed by atoms with E-state index in [0.717, 1.165) is 0 Å². The van der Waals surface area contributed by atoms with E-state index in [1.807, 2.05) is 0 Å². The number of aliphatic hydroxyl groups excluding tert-OH is 1. The number of esters is 2. The quantitative estimate of drug-likeness (QED) is 0.775. The zero-order valence-corrected chi connectivity index (χ0v) is 12.8. The van der Waals surface area contributed by atoms with E-state index < -0.39 is 29.2 Å². The Kier molecular flexibility index (Phi) is 3.98. The highest BCUT2D eigenvalue weighted by Crippen LogP contribution is 2.39. The summed E-state index contributed by atoms with van der Waals surface area (Å²) >= 11 is 0. The lowest BCUT2D eigenvalue weighted by Crippen LogP contribution is -2.42. The van der Waals surface area contributed by atoms with Crippen molar-refractivity contribution in [2.75, 3.05) is 0 Å². The standard InChI is InChI=1S/C16H18O6/c1-5-6-11-10(4)16(20,15(19)22-11)8(2)7-12-9(3)13(17)14(18)21-12/h5-8,17,20H,1-4H3/b6-5+,12-7-. The molecule has 2 N–H and O–H groups in total. The van der Waals surface area contributed by atoms with Gasteiger partial charge in [-0.3, -0.25) is 0 Å². The SMILES string of the molecule is C/C=C/C1=C(C)C(O)(C(C)/C=C2\OC(=O)C(O)=C2C)C(=O)O1. The molecule has 2 unspecified atom stereocenters. The van der Waals surface area contributed by atoms with Crippen molar-refractivity contribution in [3.05, 3.63) is 46.7 Å². The molecule has 0 fully saturated rings. The van der Waals surface area contributed by atoms with E-state index in [2.05, 4.69) is 0 Å². The molecule has 0 radical (unpaired) electrons. The first kappa shape index (κ1) is 16.0. The van der Waals surface area contributed by atoms with Crippen molar-refractivity contribution >= 4 is 11.9 Å². The Hall–Kier alpha value is -2.34. The Morgan fingerprint density at radius 2 is 1.86 bits per heavy atom. The van der Waals surface area contributed by atoms with Gasteiger partial charge in [0.05, 0.1) is 0 Å². The van der Waals surface area contributed by atoms with Crippen LogP contribution in [-0.2, 0) is 19.1 Å². The van der Waals surface area contributed by atoms with E-state index in [4.69, 9.17) is 9.47 Å². The van der Waals surface area contributed by atoms with E-state index in [0.29, 0.717) is 11.3 Å². The fourth-order valence-electron chi connectivity index (χ4n) is 2.43. The van der Waals surface area contributed by atoms with E-state index in [1.165, 1.54) is 13.0 Å². The number of carbonyl (C=O) groups is 2. The van der Waals surface area contributed by atoms with Crippen LogP contribution in [0.2, 0.25) is 0 Å². The highest BCUT2D eigenvalue weighted by molar-refractivity contribution is 5.92. The van der Waals surface area contributed by atoms with Crippen LogP contribution in [-0.4, -0.2) is 27.8 Å². The van der Waals surface area contributed by atoms with E-state index >= 15 is 0 Å². The van der Waals surface area contributed by atoms with Crippen molar-refractivity contribution in [3.8, 4) is 0 Å². The molecule has 2 aliphatic heterocycles. The predicted molar refractivity (Wildman–Crippen MR) is 77.2 cm³/mol. The fourth-order valence-corrected chi connectivity index (χ4v) is 2.43. The molecule has 2 rings (SSSR count). The molecule has 0 amide bonds. The maximum atomic E-state index is 12.1. The molecular formula is C16H18O6. The van der Waals surface area contributed by atoms with Gasteiger partial charge in [0.25, 0.3) is 0 Å². The zero-order valence-electron chi connectivity index (χ0n) is 12.8. The van der Waals surface area contributed by atoms with Gasteiger partial charge >= 0.3 is 11.9 Å². The maximum absolute atomic E-state index is 12.1. The molecule has 0 aromatic heterocycles. The number of carbonyl (C=O) groups excluding carboxylic acids is 2. The Morgan fingerprint density at radius 3 is 2.36 bits per heavy atom. The van der Waals surface area contributed by atoms with Gasteiger partial charge in [-0.25, -0.2) is 9.59 Å². The third kappa shape index (κ3) is 2.25. The van der Waals surface area contributed by atoms with E-state index in [1.54, 1.807) is 32.9 Å². The van der Waals surface area contributed by atoms with Crippen LogP contribution in [0.25, 0.3) is 0 Å². The topological polar surface area (TPSA) is 93.1 Å². The molecule has 22 heavy (non-hydrogen) atoms. The van der Waals surface area contributed by atoms with Crippen molar-refractivity contribution < 1.29 is 29.3 Å². The van der Waals surface area contributed by atoms with Gasteiger partial charge in [0.15, 0.2) is 5.60 Å². The Morgan fingerprint density at radius 1 is 1.23 bits per heavy atom. The van der Waals surface area contributed by atoms with Crippen molar-refractivity contribution in [2.24, 2.45) is 5.92 Å². The van der Waals surface area contributed by atoms with Crippen molar-refractivity contribution in [1.82, 2.24) is 0 Å². The van der Waals surface area contributed by atoms with Crippen molar-refractivity contribution in [1.29, 1.82) is 0 Å². The third-order valence-electron chi connectivity index (χ3n) is 3.95. The molecule has 6 heteroatoms. The second kappa shape index (κ2) is 5.46. The number of allylic oxidation sites excluding steroid dienone is 3. The van der Waals surface area contributed by atoms with Crippen LogP contribution in [0.15, 0.2) is 46.7 Å². The van der Waals surface area contributed by atoms with Crippen LogP contribution < -0.4 is 0 Å². The fraction of sp³-hybridized carbons (Fsp3) is 0.375. The number of hydrogen-bond acceptors (Lipinski definition) is 6. The number of ether oxygens (including phenoxy) is 2. The maximum Gasteiger partial charge on any atom is 0.379 e. The molecule has 0 aromatic rings. The first-order chi connectivity index (χ1) is 10.2. The van der Waals surface area contributed by atoms with Gasteiger partial charge in [0.1, 0.15) is 11.5 Å². The van der Waals surface area contributed by atoms with Gasteiger partial charge < -0.3 is 19.7 Å². The normalized spacial score (nSPS) is 28.9. The molecule has 0 aliphatic carbocycles. The monoisotopic (exact) mass is 306 g/mol. The first-order valence-electron chi connectivity index (χ1n) is 6.86. The van der Waals surface area contributed by atoms with E-state index in [-0.39, 0.29) is 11.3 Å². The van der Waals surface area contributed by atoms with Crippen LogP contribution in [0.4, 0.5) is 0 Å².